The summed E-state index contributed by atoms with van der Waals surface area (Å²) in [5.74, 6) is 0.917. The van der Waals surface area contributed by atoms with E-state index in [1.54, 1.807) is 11.8 Å². The van der Waals surface area contributed by atoms with Crippen LogP contribution in [0.25, 0.3) is 10.9 Å². The van der Waals surface area contributed by atoms with Crippen molar-refractivity contribution in [3.8, 4) is 0 Å². The molecule has 3 nitrogen and oxygen atoms in total. The summed E-state index contributed by atoms with van der Waals surface area (Å²) < 4.78 is 0. The van der Waals surface area contributed by atoms with Crippen LogP contribution in [0.5, 0.6) is 0 Å². The second-order valence-corrected chi connectivity index (χ2v) is 4.86. The molecule has 86 valence electrons. The number of hydrogen-bond donors (Lipinski definition) is 1. The van der Waals surface area contributed by atoms with Crippen molar-refractivity contribution in [2.75, 3.05) is 13.1 Å². The molecule has 1 aliphatic heterocycles. The van der Waals surface area contributed by atoms with Gasteiger partial charge in [0, 0.05) is 23.9 Å². The smallest absolute Gasteiger partial charge is 0.157 e. The number of para-hydroxylation sites is 1. The summed E-state index contributed by atoms with van der Waals surface area (Å²) in [6.45, 7) is 1.87. The van der Waals surface area contributed by atoms with Gasteiger partial charge in [0.1, 0.15) is 0 Å². The number of nitrogens with zero attached hydrogens (tertiary/aromatic N) is 2. The van der Waals surface area contributed by atoms with Crippen molar-refractivity contribution < 1.29 is 0 Å². The zero-order chi connectivity index (χ0) is 11.5. The summed E-state index contributed by atoms with van der Waals surface area (Å²) in [5.41, 5.74) is 2.37. The number of fused-ring (bicyclic) bond motifs is 1. The Morgan fingerprint density at radius 1 is 1.24 bits per heavy atom. The highest BCUT2D eigenvalue weighted by atomic mass is 32.2. The summed E-state index contributed by atoms with van der Waals surface area (Å²) in [4.78, 5) is 8.83. The van der Waals surface area contributed by atoms with Gasteiger partial charge in [0.05, 0.1) is 12.1 Å². The van der Waals surface area contributed by atoms with Crippen LogP contribution < -0.4 is 5.32 Å². The molecule has 0 fully saturated rings. The molecule has 1 N–H and O–H groups in total. The summed E-state index contributed by atoms with van der Waals surface area (Å²) in [5, 5.41) is 5.52. The normalized spacial score (nSPS) is 14.7. The number of hydrogen-bond acceptors (Lipinski definition) is 4. The van der Waals surface area contributed by atoms with Gasteiger partial charge in [0.2, 0.25) is 0 Å². The van der Waals surface area contributed by atoms with Gasteiger partial charge in [-0.1, -0.05) is 36.0 Å². The molecule has 0 saturated carbocycles. The van der Waals surface area contributed by atoms with Crippen molar-refractivity contribution in [2.24, 2.45) is 4.99 Å². The van der Waals surface area contributed by atoms with Gasteiger partial charge in [-0.25, -0.2) is 0 Å². The van der Waals surface area contributed by atoms with E-state index in [1.807, 2.05) is 12.3 Å². The first-order chi connectivity index (χ1) is 8.43. The molecule has 0 aliphatic carbocycles. The predicted octanol–water partition coefficient (Wildman–Crippen LogP) is 2.43. The maximum atomic E-state index is 4.45. The van der Waals surface area contributed by atoms with Crippen LogP contribution >= 0.6 is 11.8 Å². The Bertz CT molecular complexity index is 560. The van der Waals surface area contributed by atoms with E-state index in [9.17, 15) is 0 Å². The van der Waals surface area contributed by atoms with Crippen molar-refractivity contribution in [2.45, 2.75) is 5.75 Å². The van der Waals surface area contributed by atoms with Gasteiger partial charge in [0.15, 0.2) is 5.17 Å². The van der Waals surface area contributed by atoms with E-state index in [-0.39, 0.29) is 0 Å². The molecule has 0 radical (unpaired) electrons. The Hall–Kier alpha value is -1.55. The number of benzene rings is 1. The molecular formula is C13H13N3S. The SMILES string of the molecule is c1cnc2c(CSC3=NCCN3)cccc2c1. The van der Waals surface area contributed by atoms with E-state index in [2.05, 4.69) is 39.6 Å². The number of thioether (sulfide) groups is 1. The lowest BCUT2D eigenvalue weighted by atomic mass is 10.1. The first-order valence-electron chi connectivity index (χ1n) is 5.67. The quantitative estimate of drug-likeness (QED) is 0.880. The second kappa shape index (κ2) is 4.75. The van der Waals surface area contributed by atoms with E-state index >= 15 is 0 Å². The fourth-order valence-corrected chi connectivity index (χ4v) is 2.81. The average molecular weight is 243 g/mol. The molecule has 17 heavy (non-hydrogen) atoms. The topological polar surface area (TPSA) is 37.3 Å². The lowest BCUT2D eigenvalue weighted by Gasteiger charge is -2.05. The van der Waals surface area contributed by atoms with E-state index in [0.717, 1.165) is 29.5 Å². The maximum Gasteiger partial charge on any atom is 0.157 e. The number of rotatable bonds is 2. The van der Waals surface area contributed by atoms with Crippen LogP contribution in [0, 0.1) is 0 Å². The lowest BCUT2D eigenvalue weighted by Crippen LogP contribution is -2.15. The summed E-state index contributed by atoms with van der Waals surface area (Å²) in [6, 6.07) is 10.4. The van der Waals surface area contributed by atoms with Crippen LogP contribution in [-0.2, 0) is 5.75 Å². The minimum absolute atomic E-state index is 0.899. The Balaban J connectivity index is 1.84. The lowest BCUT2D eigenvalue weighted by molar-refractivity contribution is 0.963. The standard InChI is InChI=1S/C13H13N3S/c1-3-10-5-2-6-14-12(10)11(4-1)9-17-13-15-7-8-16-13/h1-6H,7-9H2,(H,15,16). The third-order valence-electron chi connectivity index (χ3n) is 2.72. The van der Waals surface area contributed by atoms with Gasteiger partial charge in [0.25, 0.3) is 0 Å². The molecule has 0 amide bonds. The van der Waals surface area contributed by atoms with E-state index in [1.165, 1.54) is 10.9 Å². The van der Waals surface area contributed by atoms with Gasteiger partial charge in [-0.05, 0) is 11.6 Å². The van der Waals surface area contributed by atoms with Crippen molar-refractivity contribution in [1.82, 2.24) is 10.3 Å². The van der Waals surface area contributed by atoms with Crippen LogP contribution in [0.4, 0.5) is 0 Å². The molecule has 3 rings (SSSR count). The fraction of sp³-hybridized carbons (Fsp3) is 0.231. The molecular weight excluding hydrogens is 230 g/mol. The third-order valence-corrected chi connectivity index (χ3v) is 3.73. The van der Waals surface area contributed by atoms with Crippen molar-refractivity contribution in [1.29, 1.82) is 0 Å². The molecule has 2 aromatic rings. The van der Waals surface area contributed by atoms with Crippen LogP contribution in [0.3, 0.4) is 0 Å². The molecule has 0 unspecified atom stereocenters. The molecule has 1 aliphatic rings. The van der Waals surface area contributed by atoms with E-state index in [4.69, 9.17) is 0 Å². The van der Waals surface area contributed by atoms with Crippen molar-refractivity contribution in [3.63, 3.8) is 0 Å². The Kier molecular flexibility index (Phi) is 2.96. The van der Waals surface area contributed by atoms with Crippen molar-refractivity contribution in [3.05, 3.63) is 42.1 Å². The first-order valence-corrected chi connectivity index (χ1v) is 6.66. The van der Waals surface area contributed by atoms with E-state index < -0.39 is 0 Å². The van der Waals surface area contributed by atoms with Gasteiger partial charge < -0.3 is 5.32 Å². The van der Waals surface area contributed by atoms with Crippen LogP contribution in [0.2, 0.25) is 0 Å². The highest BCUT2D eigenvalue weighted by molar-refractivity contribution is 8.13. The molecule has 2 heterocycles. The number of aromatic nitrogens is 1. The Morgan fingerprint density at radius 2 is 2.18 bits per heavy atom. The Morgan fingerprint density at radius 3 is 3.06 bits per heavy atom. The number of amidine groups is 1. The first kappa shape index (κ1) is 10.6. The highest BCUT2D eigenvalue weighted by Gasteiger charge is 2.07. The minimum Gasteiger partial charge on any atom is -0.363 e. The second-order valence-electron chi connectivity index (χ2n) is 3.89. The van der Waals surface area contributed by atoms with Crippen LogP contribution in [0.15, 0.2) is 41.5 Å². The molecule has 1 aromatic heterocycles. The Labute approximate surface area is 104 Å². The number of aliphatic imine (C=N–C) groups is 1. The van der Waals surface area contributed by atoms with Gasteiger partial charge >= 0.3 is 0 Å². The molecule has 0 saturated heterocycles. The summed E-state index contributed by atoms with van der Waals surface area (Å²) in [6.07, 6.45) is 1.85. The fourth-order valence-electron chi connectivity index (χ4n) is 1.90. The zero-order valence-corrected chi connectivity index (χ0v) is 10.2. The van der Waals surface area contributed by atoms with Crippen LogP contribution in [0.1, 0.15) is 5.56 Å². The number of nitrogens with one attached hydrogen (secondary N) is 1. The molecule has 1 aromatic carbocycles. The monoisotopic (exact) mass is 243 g/mol. The van der Waals surface area contributed by atoms with Gasteiger partial charge in [-0.2, -0.15) is 0 Å². The number of pyridine rings is 1. The maximum absolute atomic E-state index is 4.45. The molecule has 0 bridgehead atoms. The molecule has 4 heteroatoms. The highest BCUT2D eigenvalue weighted by Crippen LogP contribution is 2.21. The van der Waals surface area contributed by atoms with E-state index in [0.29, 0.717) is 0 Å². The third kappa shape index (κ3) is 2.26. The largest absolute Gasteiger partial charge is 0.363 e. The van der Waals surface area contributed by atoms with Crippen molar-refractivity contribution >= 4 is 27.8 Å². The average Bonchev–Trinajstić information content (AvgIpc) is 2.89. The van der Waals surface area contributed by atoms with Gasteiger partial charge in [-0.3, -0.25) is 9.98 Å². The summed E-state index contributed by atoms with van der Waals surface area (Å²) >= 11 is 1.75. The molecule has 0 atom stereocenters. The molecule has 0 spiro atoms. The van der Waals surface area contributed by atoms with Gasteiger partial charge in [-0.15, -0.1) is 0 Å². The summed E-state index contributed by atoms with van der Waals surface area (Å²) in [7, 11) is 0. The zero-order valence-electron chi connectivity index (χ0n) is 9.39. The minimum atomic E-state index is 0.899. The van der Waals surface area contributed by atoms with Crippen LogP contribution in [-0.4, -0.2) is 23.2 Å². The predicted molar refractivity (Wildman–Crippen MR) is 73.3 cm³/mol.